The Morgan fingerprint density at radius 3 is 1.71 bits per heavy atom. The molecule has 3 aromatic rings. The van der Waals surface area contributed by atoms with Crippen LogP contribution < -0.4 is 9.64 Å². The van der Waals surface area contributed by atoms with E-state index in [0.717, 1.165) is 31.6 Å². The van der Waals surface area contributed by atoms with Crippen LogP contribution in [0.4, 0.5) is 5.69 Å². The van der Waals surface area contributed by atoms with Crippen molar-refractivity contribution in [2.24, 2.45) is 0 Å². The Morgan fingerprint density at radius 2 is 1.21 bits per heavy atom. The quantitative estimate of drug-likeness (QED) is 0.167. The van der Waals surface area contributed by atoms with Crippen LogP contribution in [0.15, 0.2) is 97.6 Å². The number of hydrogen-bond donors (Lipinski definition) is 0. The molecule has 1 saturated heterocycles. The summed E-state index contributed by atoms with van der Waals surface area (Å²) in [6, 6.07) is 29.2. The summed E-state index contributed by atoms with van der Waals surface area (Å²) in [6.45, 7) is 25.0. The Morgan fingerprint density at radius 1 is 0.667 bits per heavy atom. The minimum Gasteiger partial charge on any atom is -0.494 e. The number of unbranched alkanes of at least 4 members (excludes halogenated alkanes) is 4. The van der Waals surface area contributed by atoms with Gasteiger partial charge in [0.25, 0.3) is 0 Å². The summed E-state index contributed by atoms with van der Waals surface area (Å²) < 4.78 is 5.57. The lowest BCUT2D eigenvalue weighted by molar-refractivity contribution is 0.252. The van der Waals surface area contributed by atoms with Crippen molar-refractivity contribution in [3.8, 4) is 5.75 Å². The van der Waals surface area contributed by atoms with Gasteiger partial charge in [0, 0.05) is 31.9 Å². The summed E-state index contributed by atoms with van der Waals surface area (Å²) in [7, 11) is 0. The summed E-state index contributed by atoms with van der Waals surface area (Å²) >= 11 is 0. The van der Waals surface area contributed by atoms with Crippen LogP contribution in [0.2, 0.25) is 0 Å². The zero-order valence-corrected chi connectivity index (χ0v) is 28.2. The zero-order chi connectivity index (χ0) is 31.3. The molecule has 1 fully saturated rings. The minimum atomic E-state index is 0.802. The fraction of sp³-hybridized carbons (Fsp3) is 0.487. The van der Waals surface area contributed by atoms with E-state index < -0.39 is 0 Å². The predicted molar refractivity (Wildman–Crippen MR) is 189 cm³/mol. The molecule has 0 radical (unpaired) electrons. The van der Waals surface area contributed by atoms with Crippen molar-refractivity contribution >= 4 is 5.69 Å². The van der Waals surface area contributed by atoms with Crippen LogP contribution in [0.5, 0.6) is 5.75 Å². The lowest BCUT2D eigenvalue weighted by atomic mass is 10.2. The number of benzene rings is 3. The molecule has 0 N–H and O–H groups in total. The molecule has 3 heteroatoms. The maximum absolute atomic E-state index is 5.57. The summed E-state index contributed by atoms with van der Waals surface area (Å²) in [5, 5.41) is 0. The van der Waals surface area contributed by atoms with Crippen molar-refractivity contribution in [3.63, 3.8) is 0 Å². The van der Waals surface area contributed by atoms with Gasteiger partial charge < -0.3 is 9.64 Å². The third-order valence-electron chi connectivity index (χ3n) is 6.60. The fourth-order valence-electron chi connectivity index (χ4n) is 4.20. The van der Waals surface area contributed by atoms with E-state index in [2.05, 4.69) is 91.7 Å². The number of ether oxygens (including phenoxy) is 1. The van der Waals surface area contributed by atoms with E-state index in [1.54, 1.807) is 0 Å². The van der Waals surface area contributed by atoms with Crippen LogP contribution >= 0.6 is 0 Å². The number of nitrogens with zero attached hydrogens (tertiary/aromatic N) is 2. The van der Waals surface area contributed by atoms with Gasteiger partial charge in [-0.3, -0.25) is 4.90 Å². The number of anilines is 1. The molecule has 1 aliphatic rings. The summed E-state index contributed by atoms with van der Waals surface area (Å²) in [4.78, 5) is 5.10. The van der Waals surface area contributed by atoms with E-state index in [-0.39, 0.29) is 0 Å². The molecule has 0 aliphatic carbocycles. The topological polar surface area (TPSA) is 15.7 Å². The second-order valence-corrected chi connectivity index (χ2v) is 9.97. The van der Waals surface area contributed by atoms with Gasteiger partial charge in [0.1, 0.15) is 5.75 Å². The van der Waals surface area contributed by atoms with E-state index >= 15 is 0 Å². The van der Waals surface area contributed by atoms with Crippen molar-refractivity contribution in [2.45, 2.75) is 87.0 Å². The first-order valence-electron chi connectivity index (χ1n) is 16.5. The van der Waals surface area contributed by atoms with Gasteiger partial charge in [-0.15, -0.1) is 6.58 Å². The molecule has 4 rings (SSSR count). The molecule has 0 spiro atoms. The van der Waals surface area contributed by atoms with Gasteiger partial charge in [0.15, 0.2) is 0 Å². The van der Waals surface area contributed by atoms with Crippen molar-refractivity contribution in [1.82, 2.24) is 4.90 Å². The average Bonchev–Trinajstić information content (AvgIpc) is 3.06. The molecule has 0 aromatic heterocycles. The second-order valence-electron chi connectivity index (χ2n) is 9.97. The largest absolute Gasteiger partial charge is 0.494 e. The summed E-state index contributed by atoms with van der Waals surface area (Å²) in [5.74, 6) is 0.967. The summed E-state index contributed by atoms with van der Waals surface area (Å²) in [6.07, 6.45) is 9.35. The van der Waals surface area contributed by atoms with Crippen LogP contribution in [0.25, 0.3) is 0 Å². The monoisotopic (exact) mass is 574 g/mol. The third-order valence-corrected chi connectivity index (χ3v) is 6.60. The lowest BCUT2D eigenvalue weighted by Gasteiger charge is -2.36. The lowest BCUT2D eigenvalue weighted by Crippen LogP contribution is -2.46. The van der Waals surface area contributed by atoms with E-state index in [4.69, 9.17) is 4.74 Å². The predicted octanol–water partition coefficient (Wildman–Crippen LogP) is 10.8. The van der Waals surface area contributed by atoms with Crippen molar-refractivity contribution in [2.75, 3.05) is 44.2 Å². The Bertz CT molecular complexity index is 949. The van der Waals surface area contributed by atoms with Crippen molar-refractivity contribution in [1.29, 1.82) is 0 Å². The Hall–Kier alpha value is -3.04. The molecule has 0 saturated carbocycles. The molecular weight excluding hydrogens is 512 g/mol. The van der Waals surface area contributed by atoms with Crippen LogP contribution in [-0.4, -0.2) is 44.2 Å². The fourth-order valence-corrected chi connectivity index (χ4v) is 4.20. The molecule has 234 valence electrons. The van der Waals surface area contributed by atoms with Gasteiger partial charge in [-0.2, -0.15) is 0 Å². The number of aryl methyl sites for hydroxylation is 2. The molecule has 0 bridgehead atoms. The molecular formula is C39H62N2O. The number of rotatable bonds is 11. The van der Waals surface area contributed by atoms with Crippen LogP contribution in [0.1, 0.15) is 84.3 Å². The van der Waals surface area contributed by atoms with Crippen LogP contribution in [0, 0.1) is 13.8 Å². The molecule has 0 atom stereocenters. The standard InChI is InChI=1S/C15H24N2.C13H18O.C7H8.2C2H6/c1-2-3-7-10-16-11-13-17(14-12-16)15-8-5-4-6-9-15;1-3-4-5-6-11-14-13-9-7-12(2)8-10-13;1-7-5-3-2-4-6-7;2*1-2/h4-6,8-9H,2-3,7,10-14H2,1H3;3,7-10H,1,4-6,11H2,2H3;2-6H,1H3;2*1-2H3. The number of para-hydroxylation sites is 1. The van der Waals surface area contributed by atoms with E-state index in [1.807, 2.05) is 64.1 Å². The SMILES string of the molecule is C=CCCCCOc1ccc(C)cc1.CC.CC.CCCCCN1CCN(c2ccccc2)CC1.Cc1ccccc1. The first kappa shape index (κ1) is 39.0. The van der Waals surface area contributed by atoms with E-state index in [9.17, 15) is 0 Å². The van der Waals surface area contributed by atoms with Crippen LogP contribution in [0.3, 0.4) is 0 Å². The van der Waals surface area contributed by atoms with Gasteiger partial charge in [0.2, 0.25) is 0 Å². The number of piperazine rings is 1. The molecule has 0 unspecified atom stereocenters. The Labute approximate surface area is 260 Å². The van der Waals surface area contributed by atoms with Crippen LogP contribution in [-0.2, 0) is 0 Å². The Kier molecular flexibility index (Phi) is 26.1. The highest BCUT2D eigenvalue weighted by atomic mass is 16.5. The maximum Gasteiger partial charge on any atom is 0.119 e. The first-order chi connectivity index (χ1) is 20.6. The number of hydrogen-bond acceptors (Lipinski definition) is 3. The molecule has 1 aliphatic heterocycles. The normalized spacial score (nSPS) is 12.0. The molecule has 3 nitrogen and oxygen atoms in total. The van der Waals surface area contributed by atoms with Crippen molar-refractivity contribution in [3.05, 3.63) is 109 Å². The van der Waals surface area contributed by atoms with Gasteiger partial charge in [-0.1, -0.05) is 125 Å². The highest BCUT2D eigenvalue weighted by molar-refractivity contribution is 5.46. The molecule has 0 amide bonds. The van der Waals surface area contributed by atoms with Gasteiger partial charge >= 0.3 is 0 Å². The zero-order valence-electron chi connectivity index (χ0n) is 28.2. The smallest absolute Gasteiger partial charge is 0.119 e. The average molecular weight is 575 g/mol. The van der Waals surface area contributed by atoms with Gasteiger partial charge in [-0.05, 0) is 70.3 Å². The third kappa shape index (κ3) is 19.9. The molecule has 3 aromatic carbocycles. The first-order valence-corrected chi connectivity index (χ1v) is 16.5. The highest BCUT2D eigenvalue weighted by Crippen LogP contribution is 2.16. The maximum atomic E-state index is 5.57. The highest BCUT2D eigenvalue weighted by Gasteiger charge is 2.16. The number of allylic oxidation sites excluding steroid dienone is 1. The van der Waals surface area contributed by atoms with E-state index in [1.165, 1.54) is 68.8 Å². The molecule has 42 heavy (non-hydrogen) atoms. The van der Waals surface area contributed by atoms with Gasteiger partial charge in [0.05, 0.1) is 6.61 Å². The summed E-state index contributed by atoms with van der Waals surface area (Å²) in [5.41, 5.74) is 3.97. The van der Waals surface area contributed by atoms with Gasteiger partial charge in [-0.25, -0.2) is 0 Å². The minimum absolute atomic E-state index is 0.802. The van der Waals surface area contributed by atoms with E-state index in [0.29, 0.717) is 0 Å². The van der Waals surface area contributed by atoms with Crippen molar-refractivity contribution < 1.29 is 4.74 Å². The molecule has 1 heterocycles. The second kappa shape index (κ2) is 28.1. The Balaban J connectivity index is 0.000000603.